The summed E-state index contributed by atoms with van der Waals surface area (Å²) in [4.78, 5) is 18.4. The third-order valence-corrected chi connectivity index (χ3v) is 17.7. The molecule has 1 saturated heterocycles. The summed E-state index contributed by atoms with van der Waals surface area (Å²) in [6.07, 6.45) is 2.86. The number of carbonyl (C=O) groups excluding carboxylic acids is 1. The number of sulfonamides is 1. The van der Waals surface area contributed by atoms with E-state index in [1.165, 1.54) is 35.0 Å². The normalized spacial score (nSPS) is 23.0. The number of benzene rings is 3. The number of thioether (sulfide) groups is 1. The van der Waals surface area contributed by atoms with E-state index in [0.29, 0.717) is 63.7 Å². The van der Waals surface area contributed by atoms with Crippen molar-refractivity contribution in [1.82, 2.24) is 14.5 Å². The number of carbonyl (C=O) groups is 1. The van der Waals surface area contributed by atoms with Gasteiger partial charge in [-0.05, 0) is 124 Å². The Bertz CT molecular complexity index is 2430. The minimum atomic E-state index is -6.09. The lowest BCUT2D eigenvalue weighted by Gasteiger charge is -2.72. The average Bonchev–Trinajstić information content (AvgIpc) is 3.21. The first-order chi connectivity index (χ1) is 30.6. The van der Waals surface area contributed by atoms with Gasteiger partial charge >= 0.3 is 5.51 Å². The van der Waals surface area contributed by atoms with Crippen LogP contribution in [0, 0.1) is 16.2 Å². The number of sulfone groups is 1. The number of allylic oxidation sites excluding steroid dienone is 1. The van der Waals surface area contributed by atoms with Gasteiger partial charge in [0.1, 0.15) is 4.90 Å². The first kappa shape index (κ1) is 49.2. The molecule has 3 aromatic carbocycles. The maximum Gasteiger partial charge on any atom is 0.501 e. The van der Waals surface area contributed by atoms with E-state index in [2.05, 4.69) is 29.0 Å². The minimum absolute atomic E-state index is 0.0378. The number of aliphatic hydroxyl groups is 1. The van der Waals surface area contributed by atoms with E-state index in [1.807, 2.05) is 40.0 Å². The Morgan fingerprint density at radius 3 is 2.20 bits per heavy atom. The molecule has 1 amide bonds. The maximum absolute atomic E-state index is 14.1. The van der Waals surface area contributed by atoms with E-state index in [9.17, 15) is 48.7 Å². The Hall–Kier alpha value is -3.75. The Kier molecular flexibility index (Phi) is 14.4. The van der Waals surface area contributed by atoms with Gasteiger partial charge in [-0.15, -0.1) is 11.8 Å². The number of nitrogens with zero attached hydrogens (tertiary/aromatic N) is 3. The summed E-state index contributed by atoms with van der Waals surface area (Å²) < 4.78 is 125. The molecule has 1 aliphatic heterocycles. The SMILES string of the molecule is CN(CCO)CC[C@H](CSc1ccccc1)Nc1ccc(S(=O)(=O)NC(=O)c2ccc(N3CCN(CC4=C(C56CC(C(F)F)(C5)C6)CC(C)(C)CC4)CC3)cc2)cc1S(=O)(=O)C(F)(F)F. The number of aliphatic hydroxyl groups excluding tert-OH is 1. The van der Waals surface area contributed by atoms with Crippen LogP contribution < -0.4 is 14.9 Å². The lowest BCUT2D eigenvalue weighted by molar-refractivity contribution is -0.250. The van der Waals surface area contributed by atoms with E-state index in [1.54, 1.807) is 19.2 Å². The van der Waals surface area contributed by atoms with Crippen molar-refractivity contribution in [2.45, 2.75) is 91.5 Å². The van der Waals surface area contributed by atoms with Crippen LogP contribution in [0.4, 0.5) is 33.3 Å². The summed E-state index contributed by atoms with van der Waals surface area (Å²) in [5.41, 5.74) is -3.31. The van der Waals surface area contributed by atoms with Crippen molar-refractivity contribution in [2.24, 2.45) is 16.2 Å². The van der Waals surface area contributed by atoms with Crippen molar-refractivity contribution in [2.75, 3.05) is 75.4 Å². The fourth-order valence-corrected chi connectivity index (χ4v) is 12.9. The second-order valence-electron chi connectivity index (χ2n) is 19.0. The van der Waals surface area contributed by atoms with Gasteiger partial charge in [-0.1, -0.05) is 43.2 Å². The highest BCUT2D eigenvalue weighted by Gasteiger charge is 2.73. The molecule has 8 rings (SSSR count). The van der Waals surface area contributed by atoms with Gasteiger partial charge in [0.25, 0.3) is 25.8 Å². The molecule has 19 heteroatoms. The van der Waals surface area contributed by atoms with Gasteiger partial charge in [-0.3, -0.25) is 9.69 Å². The van der Waals surface area contributed by atoms with Gasteiger partial charge in [-0.2, -0.15) is 13.2 Å². The Labute approximate surface area is 383 Å². The number of hydrogen-bond acceptors (Lipinski definition) is 11. The number of hydrogen-bond donors (Lipinski definition) is 3. The van der Waals surface area contributed by atoms with Crippen molar-refractivity contribution in [3.05, 3.63) is 89.5 Å². The Balaban J connectivity index is 1.00. The third kappa shape index (κ3) is 10.9. The number of anilines is 2. The number of piperazine rings is 1. The molecule has 3 aromatic rings. The predicted octanol–water partition coefficient (Wildman–Crippen LogP) is 8.05. The van der Waals surface area contributed by atoms with E-state index in [-0.39, 0.29) is 23.0 Å². The van der Waals surface area contributed by atoms with Crippen molar-refractivity contribution in [3.63, 3.8) is 0 Å². The first-order valence-corrected chi connectivity index (χ1v) is 25.8. The summed E-state index contributed by atoms with van der Waals surface area (Å²) in [6, 6.07) is 17.2. The standard InChI is InChI=1S/C46H58F5N5O6S3/c1-43(2)17-15-33(38(26-43)44-29-45(30-44,31-44)42(47)48)27-55-19-21-56(22-20-55)35-11-9-32(10-12-35)41(58)53-65(61,62)37-13-14-39(40(25-37)64(59,60)46(49,50)51)52-34(16-18-54(3)23-24-57)28-63-36-7-5-4-6-8-36/h4-14,25,34,42,52,57H,15-24,26-31H2,1-3H3,(H,53,58)/t34-,44?,45?/m1/s1. The highest BCUT2D eigenvalue weighted by molar-refractivity contribution is 7.99. The largest absolute Gasteiger partial charge is 0.501 e. The van der Waals surface area contributed by atoms with Crippen LogP contribution in [0.1, 0.15) is 69.2 Å². The van der Waals surface area contributed by atoms with Gasteiger partial charge in [0.2, 0.25) is 6.43 Å². The van der Waals surface area contributed by atoms with Gasteiger partial charge < -0.3 is 20.2 Å². The van der Waals surface area contributed by atoms with Crippen molar-refractivity contribution >= 4 is 48.9 Å². The number of likely N-dealkylation sites (N-methyl/N-ethyl adjacent to an activating group) is 1. The molecule has 65 heavy (non-hydrogen) atoms. The van der Waals surface area contributed by atoms with Crippen molar-refractivity contribution < 1.29 is 48.7 Å². The third-order valence-electron chi connectivity index (χ3n) is 13.6. The van der Waals surface area contributed by atoms with Crippen LogP contribution in [-0.2, 0) is 19.9 Å². The molecular formula is C46H58F5N5O6S3. The second kappa shape index (κ2) is 19.1. The fourth-order valence-electron chi connectivity index (χ4n) is 9.91. The number of rotatable bonds is 19. The predicted molar refractivity (Wildman–Crippen MR) is 243 cm³/mol. The molecule has 4 fully saturated rings. The smallest absolute Gasteiger partial charge is 0.395 e. The fraction of sp³-hybridized carbons (Fsp3) is 0.543. The second-order valence-corrected chi connectivity index (χ2v) is 23.7. The highest BCUT2D eigenvalue weighted by Crippen LogP contribution is 2.79. The summed E-state index contributed by atoms with van der Waals surface area (Å²) in [5.74, 6) is -0.752. The van der Waals surface area contributed by atoms with Crippen LogP contribution in [0.5, 0.6) is 0 Å². The van der Waals surface area contributed by atoms with Gasteiger partial charge in [0.15, 0.2) is 0 Å². The number of nitrogens with one attached hydrogen (secondary N) is 2. The lowest BCUT2D eigenvalue weighted by atomic mass is 9.32. The average molecular weight is 968 g/mol. The Morgan fingerprint density at radius 1 is 0.923 bits per heavy atom. The van der Waals surface area contributed by atoms with E-state index in [4.69, 9.17) is 0 Å². The van der Waals surface area contributed by atoms with Gasteiger partial charge in [0, 0.05) is 72.6 Å². The lowest BCUT2D eigenvalue weighted by Crippen LogP contribution is -2.66. The molecule has 0 radical (unpaired) electrons. The molecule has 3 saturated carbocycles. The highest BCUT2D eigenvalue weighted by atomic mass is 32.2. The van der Waals surface area contributed by atoms with E-state index < -0.39 is 64.6 Å². The van der Waals surface area contributed by atoms with Crippen LogP contribution >= 0.6 is 11.8 Å². The molecule has 0 aromatic heterocycles. The molecule has 0 spiro atoms. The minimum Gasteiger partial charge on any atom is -0.395 e. The zero-order valence-corrected chi connectivity index (χ0v) is 39.3. The molecule has 0 unspecified atom stereocenters. The summed E-state index contributed by atoms with van der Waals surface area (Å²) in [5, 5.41) is 12.2. The number of halogens is 5. The molecule has 11 nitrogen and oxygen atoms in total. The van der Waals surface area contributed by atoms with Crippen molar-refractivity contribution in [3.8, 4) is 0 Å². The number of amides is 1. The van der Waals surface area contributed by atoms with Crippen molar-refractivity contribution in [1.29, 1.82) is 0 Å². The molecule has 1 heterocycles. The topological polar surface area (TPSA) is 139 Å². The molecule has 5 aliphatic rings. The Morgan fingerprint density at radius 2 is 1.58 bits per heavy atom. The quantitative estimate of drug-likeness (QED) is 0.0612. The van der Waals surface area contributed by atoms with Crippen LogP contribution in [-0.4, -0.2) is 121 Å². The zero-order valence-electron chi connectivity index (χ0n) is 36.8. The van der Waals surface area contributed by atoms with E-state index in [0.717, 1.165) is 61.6 Å². The van der Waals surface area contributed by atoms with Crippen LogP contribution in [0.2, 0.25) is 0 Å². The van der Waals surface area contributed by atoms with Gasteiger partial charge in [-0.25, -0.2) is 30.3 Å². The van der Waals surface area contributed by atoms with Crippen LogP contribution in [0.3, 0.4) is 0 Å². The van der Waals surface area contributed by atoms with Crippen LogP contribution in [0.15, 0.2) is 98.6 Å². The molecule has 356 valence electrons. The summed E-state index contributed by atoms with van der Waals surface area (Å²) >= 11 is 1.39. The molecular weight excluding hydrogens is 910 g/mol. The molecule has 4 aliphatic carbocycles. The maximum atomic E-state index is 14.1. The molecule has 3 N–H and O–H groups in total. The number of alkyl halides is 5. The zero-order chi connectivity index (χ0) is 47.0. The summed E-state index contributed by atoms with van der Waals surface area (Å²) in [7, 11) is -9.21. The summed E-state index contributed by atoms with van der Waals surface area (Å²) in [6.45, 7) is 8.89. The molecule has 1 atom stereocenters. The van der Waals surface area contributed by atoms with E-state index >= 15 is 0 Å². The monoisotopic (exact) mass is 967 g/mol. The van der Waals surface area contributed by atoms with Crippen LogP contribution in [0.25, 0.3) is 0 Å². The first-order valence-electron chi connectivity index (χ1n) is 21.9. The van der Waals surface area contributed by atoms with Gasteiger partial charge in [0.05, 0.1) is 17.2 Å². The molecule has 2 bridgehead atoms.